The molecule has 7 rings (SSSR count). The summed E-state index contributed by atoms with van der Waals surface area (Å²) < 4.78 is 7.58. The standard InChI is InChI=1S/C32H34N6O/c1-39-21-25-9-5-17-37(25)20-29-35-36-31-27-19-26(22-7-3-2-4-8-22)30(34-28(27)14-18-38(29)31)23-10-12-24(13-11-23)32(33)15-6-16-32/h2-4,7-8,10-14,18-19,25H,5-6,9,15-17,20-21,33H2,1H3/t25-/m1/s1. The zero-order chi connectivity index (χ0) is 26.4. The molecule has 0 spiro atoms. The molecular weight excluding hydrogens is 484 g/mol. The number of methoxy groups -OCH3 is 1. The molecule has 2 N–H and O–H groups in total. The Hall–Kier alpha value is -3.65. The molecule has 3 aromatic heterocycles. The van der Waals surface area contributed by atoms with Gasteiger partial charge in [0.15, 0.2) is 11.5 Å². The molecule has 39 heavy (non-hydrogen) atoms. The number of benzene rings is 2. The highest BCUT2D eigenvalue weighted by molar-refractivity contribution is 5.98. The van der Waals surface area contributed by atoms with Crippen LogP contribution in [0.4, 0.5) is 0 Å². The van der Waals surface area contributed by atoms with Gasteiger partial charge in [0.25, 0.3) is 0 Å². The molecule has 4 heterocycles. The first kappa shape index (κ1) is 24.4. The van der Waals surface area contributed by atoms with E-state index >= 15 is 0 Å². The molecule has 7 nitrogen and oxygen atoms in total. The van der Waals surface area contributed by atoms with Crippen molar-refractivity contribution < 1.29 is 4.74 Å². The summed E-state index contributed by atoms with van der Waals surface area (Å²) in [5, 5.41) is 10.3. The summed E-state index contributed by atoms with van der Waals surface area (Å²) in [6.45, 7) is 2.57. The van der Waals surface area contributed by atoms with Crippen LogP contribution >= 0.6 is 0 Å². The van der Waals surface area contributed by atoms with E-state index in [9.17, 15) is 0 Å². The number of hydrogen-bond donors (Lipinski definition) is 1. The Bertz CT molecular complexity index is 1620. The highest BCUT2D eigenvalue weighted by atomic mass is 16.5. The first-order valence-electron chi connectivity index (χ1n) is 14.0. The molecule has 5 aromatic rings. The minimum atomic E-state index is -0.173. The molecule has 198 valence electrons. The molecule has 7 heteroatoms. The predicted molar refractivity (Wildman–Crippen MR) is 154 cm³/mol. The summed E-state index contributed by atoms with van der Waals surface area (Å²) in [5.74, 6) is 0.947. The zero-order valence-electron chi connectivity index (χ0n) is 22.4. The van der Waals surface area contributed by atoms with Crippen molar-refractivity contribution in [1.29, 1.82) is 0 Å². The molecule has 1 saturated carbocycles. The maximum atomic E-state index is 6.60. The highest BCUT2D eigenvalue weighted by Gasteiger charge is 2.34. The Labute approximate surface area is 228 Å². The summed E-state index contributed by atoms with van der Waals surface area (Å²) in [7, 11) is 1.78. The number of nitrogens with zero attached hydrogens (tertiary/aromatic N) is 5. The normalized spacial score (nSPS) is 19.1. The van der Waals surface area contributed by atoms with Crippen molar-refractivity contribution in [3.05, 3.63) is 84.3 Å². The van der Waals surface area contributed by atoms with Gasteiger partial charge >= 0.3 is 0 Å². The maximum Gasteiger partial charge on any atom is 0.170 e. The van der Waals surface area contributed by atoms with Gasteiger partial charge in [0.05, 0.1) is 24.4 Å². The topological polar surface area (TPSA) is 81.6 Å². The van der Waals surface area contributed by atoms with Gasteiger partial charge in [0, 0.05) is 41.4 Å². The molecule has 1 aliphatic carbocycles. The molecule has 2 aromatic carbocycles. The number of rotatable bonds is 7. The second-order valence-electron chi connectivity index (χ2n) is 11.1. The van der Waals surface area contributed by atoms with E-state index in [0.717, 1.165) is 83.7 Å². The third kappa shape index (κ3) is 4.31. The Morgan fingerprint density at radius 2 is 1.79 bits per heavy atom. The Balaban J connectivity index is 1.32. The van der Waals surface area contributed by atoms with Crippen molar-refractivity contribution in [3.8, 4) is 22.4 Å². The second kappa shape index (κ2) is 9.83. The molecule has 0 amide bonds. The lowest BCUT2D eigenvalue weighted by Crippen LogP contribution is -2.43. The van der Waals surface area contributed by atoms with Crippen molar-refractivity contribution in [2.45, 2.75) is 50.2 Å². The average Bonchev–Trinajstić information content (AvgIpc) is 3.59. The van der Waals surface area contributed by atoms with Gasteiger partial charge in [-0.3, -0.25) is 9.30 Å². The fourth-order valence-electron chi connectivity index (χ4n) is 6.28. The predicted octanol–water partition coefficient (Wildman–Crippen LogP) is 5.56. The van der Waals surface area contributed by atoms with E-state index in [2.05, 4.69) is 86.4 Å². The number of fused-ring (bicyclic) bond motifs is 3. The first-order chi connectivity index (χ1) is 19.1. The van der Waals surface area contributed by atoms with Crippen LogP contribution < -0.4 is 5.73 Å². The van der Waals surface area contributed by atoms with E-state index in [1.165, 1.54) is 18.4 Å². The quantitative estimate of drug-likeness (QED) is 0.304. The van der Waals surface area contributed by atoms with Crippen LogP contribution in [0.1, 0.15) is 43.5 Å². The Kier molecular flexibility index (Phi) is 6.15. The van der Waals surface area contributed by atoms with Gasteiger partial charge in [0.1, 0.15) is 0 Å². The molecule has 1 saturated heterocycles. The molecule has 1 atom stereocenters. The van der Waals surface area contributed by atoms with Crippen LogP contribution in [0.5, 0.6) is 0 Å². The van der Waals surface area contributed by atoms with Crippen LogP contribution in [0.2, 0.25) is 0 Å². The maximum absolute atomic E-state index is 6.60. The number of nitrogens with two attached hydrogens (primary N) is 1. The lowest BCUT2D eigenvalue weighted by Gasteiger charge is -2.38. The first-order valence-corrected chi connectivity index (χ1v) is 14.0. The number of hydrogen-bond acceptors (Lipinski definition) is 6. The second-order valence-corrected chi connectivity index (χ2v) is 11.1. The smallest absolute Gasteiger partial charge is 0.170 e. The molecule has 0 radical (unpaired) electrons. The van der Waals surface area contributed by atoms with Crippen molar-refractivity contribution >= 4 is 16.6 Å². The number of likely N-dealkylation sites (tertiary alicyclic amines) is 1. The van der Waals surface area contributed by atoms with Gasteiger partial charge in [-0.2, -0.15) is 0 Å². The lowest BCUT2D eigenvalue weighted by molar-refractivity contribution is 0.110. The van der Waals surface area contributed by atoms with Crippen molar-refractivity contribution in [2.75, 3.05) is 20.3 Å². The molecule has 2 fully saturated rings. The molecule has 2 aliphatic rings. The van der Waals surface area contributed by atoms with E-state index in [1.807, 2.05) is 6.07 Å². The summed E-state index contributed by atoms with van der Waals surface area (Å²) in [6.07, 6.45) is 7.72. The third-order valence-corrected chi connectivity index (χ3v) is 8.71. The van der Waals surface area contributed by atoms with Crippen molar-refractivity contribution in [3.63, 3.8) is 0 Å². The molecular formula is C32H34N6O. The number of aromatic nitrogens is 4. The SMILES string of the molecule is COC[C@H]1CCCN1Cc1nnc2c3cc(-c4ccccc4)c(-c4ccc(C5(N)CCC5)cc4)nc3ccn12. The molecule has 1 aliphatic heterocycles. The van der Waals surface area contributed by atoms with Crippen LogP contribution in [-0.4, -0.2) is 50.8 Å². The van der Waals surface area contributed by atoms with Crippen molar-refractivity contribution in [1.82, 2.24) is 24.5 Å². The summed E-state index contributed by atoms with van der Waals surface area (Å²) >= 11 is 0. The van der Waals surface area contributed by atoms with Crippen LogP contribution in [0.25, 0.3) is 38.9 Å². The van der Waals surface area contributed by atoms with Gasteiger partial charge in [-0.05, 0) is 61.9 Å². The highest BCUT2D eigenvalue weighted by Crippen LogP contribution is 2.40. The van der Waals surface area contributed by atoms with E-state index < -0.39 is 0 Å². The monoisotopic (exact) mass is 518 g/mol. The third-order valence-electron chi connectivity index (χ3n) is 8.71. The van der Waals surface area contributed by atoms with Gasteiger partial charge in [-0.1, -0.05) is 54.6 Å². The minimum Gasteiger partial charge on any atom is -0.383 e. The van der Waals surface area contributed by atoms with E-state index in [1.54, 1.807) is 7.11 Å². The van der Waals surface area contributed by atoms with Crippen molar-refractivity contribution in [2.24, 2.45) is 5.73 Å². The molecule has 0 bridgehead atoms. The van der Waals surface area contributed by atoms with Crippen LogP contribution in [0, 0.1) is 0 Å². The summed E-state index contributed by atoms with van der Waals surface area (Å²) in [6, 6.07) is 23.9. The van der Waals surface area contributed by atoms with Gasteiger partial charge < -0.3 is 10.5 Å². The summed E-state index contributed by atoms with van der Waals surface area (Å²) in [5.41, 5.74) is 13.6. The molecule has 0 unspecified atom stereocenters. The Morgan fingerprint density at radius 1 is 0.974 bits per heavy atom. The number of ether oxygens (including phenoxy) is 1. The van der Waals surface area contributed by atoms with Gasteiger partial charge in [-0.25, -0.2) is 4.98 Å². The lowest BCUT2D eigenvalue weighted by atomic mass is 9.72. The Morgan fingerprint density at radius 3 is 2.54 bits per heavy atom. The van der Waals surface area contributed by atoms with E-state index in [4.69, 9.17) is 15.5 Å². The van der Waals surface area contributed by atoms with Crippen LogP contribution in [0.3, 0.4) is 0 Å². The number of pyridine rings is 2. The largest absolute Gasteiger partial charge is 0.383 e. The fourth-order valence-corrected chi connectivity index (χ4v) is 6.28. The summed E-state index contributed by atoms with van der Waals surface area (Å²) in [4.78, 5) is 7.67. The van der Waals surface area contributed by atoms with Crippen LogP contribution in [0.15, 0.2) is 72.9 Å². The van der Waals surface area contributed by atoms with Gasteiger partial charge in [-0.15, -0.1) is 10.2 Å². The minimum absolute atomic E-state index is 0.173. The fraction of sp³-hybridized carbons (Fsp3) is 0.344. The van der Waals surface area contributed by atoms with Crippen LogP contribution in [-0.2, 0) is 16.8 Å². The van der Waals surface area contributed by atoms with E-state index in [0.29, 0.717) is 6.04 Å². The van der Waals surface area contributed by atoms with Gasteiger partial charge in [0.2, 0.25) is 0 Å². The average molecular weight is 519 g/mol. The zero-order valence-corrected chi connectivity index (χ0v) is 22.4. The van der Waals surface area contributed by atoms with E-state index in [-0.39, 0.29) is 5.54 Å².